The normalized spacial score (nSPS) is 9.18. The van der Waals surface area contributed by atoms with Crippen molar-refractivity contribution in [1.82, 2.24) is 0 Å². The number of hydrogen-bond donors (Lipinski definition) is 0. The molecule has 0 aromatic heterocycles. The Kier molecular flexibility index (Phi) is 6.63. The van der Waals surface area contributed by atoms with Gasteiger partial charge in [0.1, 0.15) is 0 Å². The first kappa shape index (κ1) is 12.7. The molecule has 0 aromatic rings. The van der Waals surface area contributed by atoms with Crippen molar-refractivity contribution < 1.29 is 22.7 Å². The van der Waals surface area contributed by atoms with Gasteiger partial charge in [-0.25, -0.2) is 0 Å². The van der Waals surface area contributed by atoms with Crippen LogP contribution in [0.25, 0.3) is 0 Å². The summed E-state index contributed by atoms with van der Waals surface area (Å²) in [4.78, 5) is 9.75. The van der Waals surface area contributed by atoms with Crippen molar-refractivity contribution in [3.05, 3.63) is 12.8 Å². The molecule has 0 aromatic carbocycles. The first-order chi connectivity index (χ1) is 4.77. The number of carbonyl (C=O) groups excluding carboxylic acids is 1. The van der Waals surface area contributed by atoms with E-state index in [9.17, 15) is 18.0 Å². The van der Waals surface area contributed by atoms with Gasteiger partial charge in [-0.1, -0.05) is 6.58 Å². The lowest BCUT2D eigenvalue weighted by Crippen LogP contribution is -1.95. The molecule has 0 saturated carbocycles. The molecular weight excluding hydrogens is 161 g/mol. The number of hydrogen-bond acceptors (Lipinski definition) is 2. The molecule has 11 heavy (non-hydrogen) atoms. The first-order valence-electron chi connectivity index (χ1n) is 2.62. The van der Waals surface area contributed by atoms with E-state index in [1.807, 2.05) is 0 Å². The molecule has 0 aliphatic carbocycles. The number of carbonyl (C=O) groups is 1. The van der Waals surface area contributed by atoms with Gasteiger partial charge in [0.05, 0.1) is 6.26 Å². The van der Waals surface area contributed by atoms with Gasteiger partial charge in [0.25, 0.3) is 0 Å². The van der Waals surface area contributed by atoms with Crippen LogP contribution in [0.3, 0.4) is 0 Å². The highest BCUT2D eigenvalue weighted by Crippen LogP contribution is 2.10. The molecule has 0 spiro atoms. The fourth-order valence-electron chi connectivity index (χ4n) is 0.117. The van der Waals surface area contributed by atoms with E-state index in [1.165, 1.54) is 6.92 Å². The van der Waals surface area contributed by atoms with Gasteiger partial charge < -0.3 is 4.74 Å². The van der Waals surface area contributed by atoms with Crippen LogP contribution in [0, 0.1) is 0 Å². The second-order valence-corrected chi connectivity index (χ2v) is 1.56. The van der Waals surface area contributed by atoms with Crippen LogP contribution in [0.4, 0.5) is 13.2 Å². The maximum Gasteiger partial charge on any atom is 0.386 e. The largest absolute Gasteiger partial charge is 0.435 e. The number of halogens is 3. The summed E-state index contributed by atoms with van der Waals surface area (Å²) in [5, 5.41) is 0. The molecule has 2 nitrogen and oxygen atoms in total. The monoisotopic (exact) mass is 170 g/mol. The van der Waals surface area contributed by atoms with E-state index in [1.54, 1.807) is 0 Å². The Hall–Kier alpha value is -1.00. The van der Waals surface area contributed by atoms with Gasteiger partial charge in [0.15, 0.2) is 0 Å². The van der Waals surface area contributed by atoms with Crippen molar-refractivity contribution in [3.8, 4) is 0 Å². The van der Waals surface area contributed by atoms with Crippen LogP contribution < -0.4 is 0 Å². The summed E-state index contributed by atoms with van der Waals surface area (Å²) in [7, 11) is 0. The highest BCUT2D eigenvalue weighted by Gasteiger charge is 2.15. The second kappa shape index (κ2) is 5.76. The van der Waals surface area contributed by atoms with Gasteiger partial charge in [-0.2, -0.15) is 13.2 Å². The lowest BCUT2D eigenvalue weighted by molar-refractivity contribution is -0.135. The smallest absolute Gasteiger partial charge is 0.386 e. The van der Waals surface area contributed by atoms with Crippen molar-refractivity contribution in [1.29, 1.82) is 0 Å². The van der Waals surface area contributed by atoms with Gasteiger partial charge >= 0.3 is 12.1 Å². The van der Waals surface area contributed by atoms with Crippen LogP contribution in [0.2, 0.25) is 0 Å². The Balaban J connectivity index is 0. The van der Waals surface area contributed by atoms with E-state index in [4.69, 9.17) is 0 Å². The summed E-state index contributed by atoms with van der Waals surface area (Å²) in [5.74, 6) is -0.329. The van der Waals surface area contributed by atoms with Gasteiger partial charge in [-0.15, -0.1) is 0 Å². The number of esters is 1. The third-order valence-electron chi connectivity index (χ3n) is 0.249. The minimum Gasteiger partial charge on any atom is -0.435 e. The summed E-state index contributed by atoms with van der Waals surface area (Å²) in [6, 6.07) is 0. The lowest BCUT2D eigenvalue weighted by Gasteiger charge is -1.88. The van der Waals surface area contributed by atoms with Crippen molar-refractivity contribution in [3.63, 3.8) is 0 Å². The van der Waals surface area contributed by atoms with E-state index >= 15 is 0 Å². The third-order valence-corrected chi connectivity index (χ3v) is 0.249. The Labute approximate surface area is 62.7 Å². The van der Waals surface area contributed by atoms with E-state index in [2.05, 4.69) is 11.3 Å². The SMILES string of the molecule is C=COC(C)=O.CC(F)(F)F. The molecule has 0 amide bonds. The quantitative estimate of drug-likeness (QED) is 0.445. The maximum absolute atomic E-state index is 10.4. The first-order valence-corrected chi connectivity index (χ1v) is 2.62. The number of ether oxygens (including phenoxy) is 1. The Morgan fingerprint density at radius 1 is 1.55 bits per heavy atom. The molecule has 0 atom stereocenters. The average molecular weight is 170 g/mol. The maximum atomic E-state index is 10.4. The van der Waals surface area contributed by atoms with Crippen LogP contribution in [0.15, 0.2) is 12.8 Å². The number of rotatable bonds is 1. The molecule has 5 heteroatoms. The van der Waals surface area contributed by atoms with Crippen LogP contribution in [0.5, 0.6) is 0 Å². The predicted molar refractivity (Wildman–Crippen MR) is 33.7 cm³/mol. The van der Waals surface area contributed by atoms with Crippen molar-refractivity contribution in [2.24, 2.45) is 0 Å². The minimum absolute atomic E-state index is 0.188. The minimum atomic E-state index is -4.00. The molecule has 66 valence electrons. The zero-order valence-electron chi connectivity index (χ0n) is 6.23. The van der Waals surface area contributed by atoms with Crippen molar-refractivity contribution in [2.45, 2.75) is 20.0 Å². The summed E-state index contributed by atoms with van der Waals surface area (Å²) in [6.07, 6.45) is -2.90. The molecule has 0 N–H and O–H groups in total. The lowest BCUT2D eigenvalue weighted by atomic mass is 10.8. The fraction of sp³-hybridized carbons (Fsp3) is 0.500. The predicted octanol–water partition coefficient (Wildman–Crippen LogP) is 2.26. The third kappa shape index (κ3) is 110. The van der Waals surface area contributed by atoms with Crippen LogP contribution >= 0.6 is 0 Å². The topological polar surface area (TPSA) is 26.3 Å². The highest BCUT2D eigenvalue weighted by molar-refractivity contribution is 5.66. The van der Waals surface area contributed by atoms with Gasteiger partial charge in [-0.05, 0) is 0 Å². The summed E-state index contributed by atoms with van der Waals surface area (Å²) < 4.78 is 35.2. The standard InChI is InChI=1S/C4H6O2.C2H3F3/c1-3-6-4(2)5;1-2(3,4)5/h3H,1H2,2H3;1H3. The molecule has 0 rings (SSSR count). The zero-order valence-corrected chi connectivity index (χ0v) is 6.23. The van der Waals surface area contributed by atoms with Gasteiger partial charge in [-0.3, -0.25) is 4.79 Å². The van der Waals surface area contributed by atoms with E-state index < -0.39 is 6.18 Å². The molecule has 0 heterocycles. The summed E-state index contributed by atoms with van der Waals surface area (Å²) in [5.41, 5.74) is 0. The van der Waals surface area contributed by atoms with Gasteiger partial charge in [0, 0.05) is 13.8 Å². The molecule has 0 saturated heterocycles. The molecule has 0 radical (unpaired) electrons. The Bertz CT molecular complexity index is 122. The molecule has 0 bridgehead atoms. The van der Waals surface area contributed by atoms with E-state index in [0.29, 0.717) is 0 Å². The van der Waals surface area contributed by atoms with Crippen molar-refractivity contribution >= 4 is 5.97 Å². The fourth-order valence-corrected chi connectivity index (χ4v) is 0.117. The molecule has 0 aliphatic rings. The highest BCUT2D eigenvalue weighted by atomic mass is 19.4. The summed E-state index contributed by atoms with van der Waals surface area (Å²) >= 11 is 0. The Morgan fingerprint density at radius 2 is 1.82 bits per heavy atom. The van der Waals surface area contributed by atoms with Crippen LogP contribution in [-0.4, -0.2) is 12.1 Å². The van der Waals surface area contributed by atoms with Crippen molar-refractivity contribution in [2.75, 3.05) is 0 Å². The van der Waals surface area contributed by atoms with E-state index in [0.717, 1.165) is 6.26 Å². The Morgan fingerprint density at radius 3 is 1.82 bits per heavy atom. The molecule has 0 fully saturated rings. The zero-order chi connectivity index (χ0) is 9.49. The second-order valence-electron chi connectivity index (χ2n) is 1.56. The number of alkyl halides is 3. The average Bonchev–Trinajstić information content (AvgIpc) is 1.58. The molecular formula is C6H9F3O2. The van der Waals surface area contributed by atoms with Gasteiger partial charge in [0.2, 0.25) is 0 Å². The molecule has 0 unspecified atom stereocenters. The molecule has 0 aliphatic heterocycles. The summed E-state index contributed by atoms with van der Waals surface area (Å²) in [6.45, 7) is 4.67. The van der Waals surface area contributed by atoms with Crippen LogP contribution in [-0.2, 0) is 9.53 Å². The van der Waals surface area contributed by atoms with E-state index in [-0.39, 0.29) is 12.9 Å². The van der Waals surface area contributed by atoms with Crippen LogP contribution in [0.1, 0.15) is 13.8 Å².